The molecule has 2 heterocycles. The first kappa shape index (κ1) is 22.5. The van der Waals surface area contributed by atoms with Gasteiger partial charge in [0.25, 0.3) is 5.91 Å². The van der Waals surface area contributed by atoms with Crippen LogP contribution in [0.25, 0.3) is 11.1 Å². The maximum Gasteiger partial charge on any atom is 0.412 e. The van der Waals surface area contributed by atoms with Gasteiger partial charge >= 0.3 is 12.1 Å². The number of amides is 2. The Labute approximate surface area is 201 Å². The van der Waals surface area contributed by atoms with Gasteiger partial charge in [0.15, 0.2) is 6.10 Å². The number of ether oxygens (including phenoxy) is 2. The lowest BCUT2D eigenvalue weighted by molar-refractivity contribution is -0.148. The average Bonchev–Trinajstić information content (AvgIpc) is 3.45. The summed E-state index contributed by atoms with van der Waals surface area (Å²) in [6.07, 6.45) is -1.39. The van der Waals surface area contributed by atoms with E-state index in [1.54, 1.807) is 6.07 Å². The molecule has 0 unspecified atom stereocenters. The number of hydrogen-bond acceptors (Lipinski definition) is 6. The molecule has 9 heteroatoms. The Kier molecular flexibility index (Phi) is 6.15. The van der Waals surface area contributed by atoms with Gasteiger partial charge in [-0.25, -0.2) is 14.6 Å². The fraction of sp³-hybridized carbons (Fsp3) is 0.231. The minimum atomic E-state index is -1.13. The quantitative estimate of drug-likeness (QED) is 0.501. The van der Waals surface area contributed by atoms with Crippen LogP contribution in [0.1, 0.15) is 34.0 Å². The van der Waals surface area contributed by atoms with Crippen LogP contribution in [-0.2, 0) is 14.3 Å². The van der Waals surface area contributed by atoms with E-state index < -0.39 is 30.1 Å². The lowest BCUT2D eigenvalue weighted by Gasteiger charge is -2.16. The first-order chi connectivity index (χ1) is 17.0. The predicted molar refractivity (Wildman–Crippen MR) is 126 cm³/mol. The highest BCUT2D eigenvalue weighted by Crippen LogP contribution is 2.44. The van der Waals surface area contributed by atoms with Gasteiger partial charge in [-0.1, -0.05) is 54.6 Å². The number of carbonyl (C=O) groups is 3. The number of aromatic nitrogens is 1. The number of pyridine rings is 1. The van der Waals surface area contributed by atoms with Crippen molar-refractivity contribution in [2.24, 2.45) is 0 Å². The maximum absolute atomic E-state index is 12.6. The molecule has 2 aromatic carbocycles. The Morgan fingerprint density at radius 1 is 0.971 bits per heavy atom. The molecular weight excluding hydrogens is 450 g/mol. The number of fused-ring (bicyclic) bond motifs is 3. The number of nitrogens with zero attached hydrogens (tertiary/aromatic N) is 1. The summed E-state index contributed by atoms with van der Waals surface area (Å²) >= 11 is 0. The van der Waals surface area contributed by atoms with Crippen LogP contribution in [0.15, 0.2) is 66.7 Å². The number of nitrogens with one attached hydrogen (secondary N) is 2. The number of anilines is 1. The molecule has 1 aliphatic heterocycles. The van der Waals surface area contributed by atoms with Crippen LogP contribution in [0, 0.1) is 0 Å². The Morgan fingerprint density at radius 2 is 1.66 bits per heavy atom. The number of carbonyl (C=O) groups excluding carboxylic acids is 2. The summed E-state index contributed by atoms with van der Waals surface area (Å²) in [5.74, 6) is -1.62. The van der Waals surface area contributed by atoms with Crippen molar-refractivity contribution in [3.63, 3.8) is 0 Å². The summed E-state index contributed by atoms with van der Waals surface area (Å²) in [5, 5.41) is 14.4. The molecule has 35 heavy (non-hydrogen) atoms. The average molecular weight is 473 g/mol. The summed E-state index contributed by atoms with van der Waals surface area (Å²) in [7, 11) is 0. The van der Waals surface area contributed by atoms with Crippen LogP contribution in [0.5, 0.6) is 0 Å². The van der Waals surface area contributed by atoms with E-state index in [4.69, 9.17) is 9.47 Å². The van der Waals surface area contributed by atoms with Gasteiger partial charge < -0.3 is 19.9 Å². The fourth-order valence-corrected chi connectivity index (χ4v) is 4.59. The van der Waals surface area contributed by atoms with Crippen molar-refractivity contribution in [3.8, 4) is 11.1 Å². The van der Waals surface area contributed by atoms with Crippen LogP contribution in [0.4, 0.5) is 10.6 Å². The molecule has 0 saturated carbocycles. The summed E-state index contributed by atoms with van der Waals surface area (Å²) < 4.78 is 10.7. The molecule has 3 aromatic rings. The summed E-state index contributed by atoms with van der Waals surface area (Å²) in [6, 6.07) is 20.0. The number of carboxylic acid groups (broad SMARTS) is 1. The van der Waals surface area contributed by atoms with Gasteiger partial charge in [-0.2, -0.15) is 0 Å². The Balaban J connectivity index is 1.22. The molecule has 0 spiro atoms. The number of hydrogen-bond donors (Lipinski definition) is 3. The third kappa shape index (κ3) is 4.58. The van der Waals surface area contributed by atoms with Crippen molar-refractivity contribution in [3.05, 3.63) is 83.6 Å². The minimum absolute atomic E-state index is 0.0393. The highest BCUT2D eigenvalue weighted by molar-refractivity contribution is 5.94. The van der Waals surface area contributed by atoms with E-state index in [0.29, 0.717) is 6.42 Å². The second-order valence-corrected chi connectivity index (χ2v) is 8.36. The van der Waals surface area contributed by atoms with Crippen LogP contribution in [-0.4, -0.2) is 53.4 Å². The maximum atomic E-state index is 12.6. The molecule has 2 amide bonds. The Morgan fingerprint density at radius 3 is 2.34 bits per heavy atom. The van der Waals surface area contributed by atoms with Crippen molar-refractivity contribution in [2.45, 2.75) is 24.5 Å². The second kappa shape index (κ2) is 9.55. The van der Waals surface area contributed by atoms with Crippen molar-refractivity contribution in [2.75, 3.05) is 18.5 Å². The topological polar surface area (TPSA) is 127 Å². The zero-order chi connectivity index (χ0) is 24.4. The van der Waals surface area contributed by atoms with Gasteiger partial charge in [0.05, 0.1) is 6.04 Å². The number of rotatable bonds is 6. The van der Waals surface area contributed by atoms with Crippen molar-refractivity contribution in [1.82, 2.24) is 10.3 Å². The zero-order valence-electron chi connectivity index (χ0n) is 18.6. The third-order valence-electron chi connectivity index (χ3n) is 6.21. The van der Waals surface area contributed by atoms with E-state index in [1.807, 2.05) is 36.4 Å². The monoisotopic (exact) mass is 473 g/mol. The fourth-order valence-electron chi connectivity index (χ4n) is 4.59. The number of aliphatic carboxylic acids is 1. The largest absolute Gasteiger partial charge is 0.479 e. The molecule has 1 saturated heterocycles. The van der Waals surface area contributed by atoms with Crippen molar-refractivity contribution < 1.29 is 29.0 Å². The molecular formula is C26H23N3O6. The predicted octanol–water partition coefficient (Wildman–Crippen LogP) is 3.41. The van der Waals surface area contributed by atoms with E-state index >= 15 is 0 Å². The van der Waals surface area contributed by atoms with Gasteiger partial charge in [-0.15, -0.1) is 0 Å². The third-order valence-corrected chi connectivity index (χ3v) is 6.21. The van der Waals surface area contributed by atoms with Gasteiger partial charge in [0.2, 0.25) is 0 Å². The van der Waals surface area contributed by atoms with Gasteiger partial charge in [0, 0.05) is 12.5 Å². The summed E-state index contributed by atoms with van der Waals surface area (Å²) in [5.41, 5.74) is 4.52. The molecule has 9 nitrogen and oxygen atoms in total. The number of carboxylic acids is 1. The van der Waals surface area contributed by atoms with Crippen molar-refractivity contribution in [1.29, 1.82) is 0 Å². The Bertz CT molecular complexity index is 1250. The van der Waals surface area contributed by atoms with E-state index in [2.05, 4.69) is 27.8 Å². The van der Waals surface area contributed by atoms with Gasteiger partial charge in [-0.3, -0.25) is 10.1 Å². The van der Waals surface area contributed by atoms with E-state index in [0.717, 1.165) is 22.3 Å². The molecule has 178 valence electrons. The number of benzene rings is 2. The molecule has 0 bridgehead atoms. The summed E-state index contributed by atoms with van der Waals surface area (Å²) in [6.45, 7) is 0.400. The van der Waals surface area contributed by atoms with Crippen molar-refractivity contribution >= 4 is 23.8 Å². The van der Waals surface area contributed by atoms with Gasteiger partial charge in [-0.05, 0) is 40.8 Å². The molecule has 1 aliphatic carbocycles. The minimum Gasteiger partial charge on any atom is -0.479 e. The smallest absolute Gasteiger partial charge is 0.412 e. The zero-order valence-corrected chi connectivity index (χ0v) is 18.6. The first-order valence-corrected chi connectivity index (χ1v) is 11.3. The molecule has 2 atom stereocenters. The molecule has 3 N–H and O–H groups in total. The van der Waals surface area contributed by atoms with Crippen LogP contribution < -0.4 is 10.6 Å². The molecule has 1 fully saturated rings. The van der Waals surface area contributed by atoms with Crippen LogP contribution in [0.3, 0.4) is 0 Å². The normalized spacial score (nSPS) is 18.4. The van der Waals surface area contributed by atoms with Crippen LogP contribution in [0.2, 0.25) is 0 Å². The van der Waals surface area contributed by atoms with E-state index in [1.165, 1.54) is 12.1 Å². The van der Waals surface area contributed by atoms with E-state index in [9.17, 15) is 19.5 Å². The molecule has 1 aromatic heterocycles. The first-order valence-electron chi connectivity index (χ1n) is 11.3. The molecule has 5 rings (SSSR count). The highest BCUT2D eigenvalue weighted by Gasteiger charge is 2.35. The standard InChI is InChI=1S/C26H23N3O6/c30-24(28-20-12-13-34-23(20)25(31)32)21-10-5-11-22(27-21)29-26(33)35-14-19-17-8-3-1-6-15(17)16-7-2-4-9-18(16)19/h1-11,19-20,23H,12-14H2,(H,28,30)(H,31,32)(H,27,29,33)/t20-,23+/m1/s1. The van der Waals surface area contributed by atoms with Crippen LogP contribution >= 0.6 is 0 Å². The molecule has 0 radical (unpaired) electrons. The Hall–Kier alpha value is -4.24. The lowest BCUT2D eigenvalue weighted by Crippen LogP contribution is -2.44. The van der Waals surface area contributed by atoms with E-state index in [-0.39, 0.29) is 30.6 Å². The molecule has 2 aliphatic rings. The summed E-state index contributed by atoms with van der Waals surface area (Å²) in [4.78, 5) is 40.5. The highest BCUT2D eigenvalue weighted by atomic mass is 16.5. The second-order valence-electron chi connectivity index (χ2n) is 8.36. The SMILES string of the molecule is O=C(Nc1cccc(C(=O)N[C@@H]2CCO[C@@H]2C(=O)O)n1)OCC1c2ccccc2-c2ccccc21. The lowest BCUT2D eigenvalue weighted by atomic mass is 9.98. The van der Waals surface area contributed by atoms with Gasteiger partial charge in [0.1, 0.15) is 18.1 Å².